The molecule has 0 unspecified atom stereocenters. The van der Waals surface area contributed by atoms with E-state index in [0.717, 1.165) is 24.3 Å². The van der Waals surface area contributed by atoms with E-state index >= 15 is 0 Å². The lowest BCUT2D eigenvalue weighted by Gasteiger charge is -2.50. The number of carbonyl (C=O) groups is 1. The summed E-state index contributed by atoms with van der Waals surface area (Å²) in [6, 6.07) is 5.48. The van der Waals surface area contributed by atoms with E-state index in [-0.39, 0.29) is 5.54 Å². The fourth-order valence-corrected chi connectivity index (χ4v) is 3.83. The molecule has 122 valence electrons. The number of hydrogen-bond donors (Lipinski definition) is 1. The molecule has 0 fully saturated rings. The lowest BCUT2D eigenvalue weighted by molar-refractivity contribution is -0.139. The predicted molar refractivity (Wildman–Crippen MR) is 88.9 cm³/mol. The molecular weight excluding hydrogens is 278 g/mol. The van der Waals surface area contributed by atoms with Gasteiger partial charge in [-0.05, 0) is 44.2 Å². The summed E-state index contributed by atoms with van der Waals surface area (Å²) in [6.45, 7) is 8.49. The van der Waals surface area contributed by atoms with Gasteiger partial charge in [0.05, 0.1) is 12.8 Å². The lowest BCUT2D eigenvalue weighted by Crippen LogP contribution is -2.56. The van der Waals surface area contributed by atoms with Gasteiger partial charge in [-0.25, -0.2) is 4.79 Å². The van der Waals surface area contributed by atoms with Crippen LogP contribution in [-0.4, -0.2) is 29.8 Å². The van der Waals surface area contributed by atoms with Gasteiger partial charge in [-0.2, -0.15) is 0 Å². The van der Waals surface area contributed by atoms with Gasteiger partial charge in [-0.1, -0.05) is 32.4 Å². The second-order valence-electron chi connectivity index (χ2n) is 6.83. The SMILES string of the molecule is CCC[C@@H](C(=O)O)N1c2c(OC)cccc2[C@H](C)CC1(C)C. The van der Waals surface area contributed by atoms with Crippen LogP contribution in [-0.2, 0) is 4.79 Å². The zero-order chi connectivity index (χ0) is 16.5. The molecular formula is C18H27NO3. The molecule has 0 bridgehead atoms. The molecule has 1 aromatic rings. The maximum Gasteiger partial charge on any atom is 0.326 e. The Labute approximate surface area is 133 Å². The Morgan fingerprint density at radius 2 is 2.18 bits per heavy atom. The van der Waals surface area contributed by atoms with Crippen LogP contribution in [0.25, 0.3) is 0 Å². The molecule has 0 aliphatic carbocycles. The second-order valence-corrected chi connectivity index (χ2v) is 6.83. The number of para-hydroxylation sites is 1. The van der Waals surface area contributed by atoms with Crippen LogP contribution in [0, 0.1) is 0 Å². The van der Waals surface area contributed by atoms with Gasteiger partial charge in [0, 0.05) is 5.54 Å². The molecule has 2 rings (SSSR count). The Kier molecular flexibility index (Phi) is 4.69. The summed E-state index contributed by atoms with van der Waals surface area (Å²) >= 11 is 0. The lowest BCUT2D eigenvalue weighted by atomic mass is 9.78. The number of hydrogen-bond acceptors (Lipinski definition) is 3. The number of carboxylic acid groups (broad SMARTS) is 1. The molecule has 1 aromatic carbocycles. The van der Waals surface area contributed by atoms with E-state index in [9.17, 15) is 9.90 Å². The molecule has 4 heteroatoms. The summed E-state index contributed by atoms with van der Waals surface area (Å²) in [5.41, 5.74) is 1.91. The fraction of sp³-hybridized carbons (Fsp3) is 0.611. The Morgan fingerprint density at radius 1 is 1.50 bits per heavy atom. The number of anilines is 1. The molecule has 1 heterocycles. The van der Waals surface area contributed by atoms with E-state index in [1.807, 2.05) is 19.1 Å². The summed E-state index contributed by atoms with van der Waals surface area (Å²) in [5.74, 6) is 0.383. The Bertz CT molecular complexity index is 553. The van der Waals surface area contributed by atoms with Crippen LogP contribution >= 0.6 is 0 Å². The summed E-state index contributed by atoms with van der Waals surface area (Å²) in [6.07, 6.45) is 2.40. The van der Waals surface area contributed by atoms with E-state index in [0.29, 0.717) is 12.3 Å². The van der Waals surface area contributed by atoms with Crippen molar-refractivity contribution in [1.82, 2.24) is 0 Å². The van der Waals surface area contributed by atoms with Crippen LogP contribution in [0.2, 0.25) is 0 Å². The van der Waals surface area contributed by atoms with Crippen LogP contribution in [0.3, 0.4) is 0 Å². The van der Waals surface area contributed by atoms with Crippen LogP contribution < -0.4 is 9.64 Å². The van der Waals surface area contributed by atoms with Gasteiger partial charge in [0.1, 0.15) is 11.8 Å². The first-order chi connectivity index (χ1) is 10.3. The van der Waals surface area contributed by atoms with Gasteiger partial charge in [-0.15, -0.1) is 0 Å². The van der Waals surface area contributed by atoms with Gasteiger partial charge in [-0.3, -0.25) is 0 Å². The number of fused-ring (bicyclic) bond motifs is 1. The highest BCUT2D eigenvalue weighted by molar-refractivity contribution is 5.82. The molecule has 0 aromatic heterocycles. The third kappa shape index (κ3) is 2.79. The minimum Gasteiger partial charge on any atom is -0.495 e. The van der Waals surface area contributed by atoms with Crippen molar-refractivity contribution in [3.63, 3.8) is 0 Å². The second kappa shape index (κ2) is 6.19. The minimum absolute atomic E-state index is 0.223. The first kappa shape index (κ1) is 16.7. The molecule has 1 aliphatic heterocycles. The smallest absolute Gasteiger partial charge is 0.326 e. The molecule has 1 aliphatic rings. The van der Waals surface area contributed by atoms with E-state index in [2.05, 4.69) is 31.7 Å². The molecule has 0 saturated carbocycles. The van der Waals surface area contributed by atoms with Crippen LogP contribution in [0.15, 0.2) is 18.2 Å². The minimum atomic E-state index is -0.763. The van der Waals surface area contributed by atoms with Crippen LogP contribution in [0.1, 0.15) is 58.4 Å². The van der Waals surface area contributed by atoms with Crippen molar-refractivity contribution in [2.45, 2.75) is 64.5 Å². The number of carboxylic acids is 1. The maximum absolute atomic E-state index is 11.9. The number of aliphatic carboxylic acids is 1. The van der Waals surface area contributed by atoms with Gasteiger partial charge >= 0.3 is 5.97 Å². The highest BCUT2D eigenvalue weighted by Gasteiger charge is 2.43. The molecule has 0 spiro atoms. The number of benzene rings is 1. The van der Waals surface area contributed by atoms with E-state index in [1.54, 1.807) is 7.11 Å². The summed E-state index contributed by atoms with van der Waals surface area (Å²) in [7, 11) is 1.65. The third-order valence-corrected chi connectivity index (χ3v) is 4.64. The third-order valence-electron chi connectivity index (χ3n) is 4.64. The highest BCUT2D eigenvalue weighted by Crippen LogP contribution is 2.49. The Morgan fingerprint density at radius 3 is 2.73 bits per heavy atom. The summed E-state index contributed by atoms with van der Waals surface area (Å²) in [5, 5.41) is 9.76. The van der Waals surface area contributed by atoms with Crippen molar-refractivity contribution >= 4 is 11.7 Å². The van der Waals surface area contributed by atoms with E-state index < -0.39 is 12.0 Å². The number of ether oxygens (including phenoxy) is 1. The number of rotatable bonds is 5. The molecule has 2 atom stereocenters. The monoisotopic (exact) mass is 305 g/mol. The Hall–Kier alpha value is -1.71. The van der Waals surface area contributed by atoms with Crippen molar-refractivity contribution in [2.24, 2.45) is 0 Å². The van der Waals surface area contributed by atoms with Gasteiger partial charge in [0.15, 0.2) is 0 Å². The topological polar surface area (TPSA) is 49.8 Å². The number of methoxy groups -OCH3 is 1. The quantitative estimate of drug-likeness (QED) is 0.892. The molecule has 0 radical (unpaired) electrons. The summed E-state index contributed by atoms with van der Waals surface area (Å²) in [4.78, 5) is 14.0. The average molecular weight is 305 g/mol. The van der Waals surface area contributed by atoms with Crippen molar-refractivity contribution in [1.29, 1.82) is 0 Å². The van der Waals surface area contributed by atoms with Gasteiger partial charge < -0.3 is 14.7 Å². The van der Waals surface area contributed by atoms with Crippen molar-refractivity contribution in [3.8, 4) is 5.75 Å². The zero-order valence-corrected chi connectivity index (χ0v) is 14.2. The molecule has 0 saturated heterocycles. The summed E-state index contributed by atoms with van der Waals surface area (Å²) < 4.78 is 5.56. The standard InChI is InChI=1S/C18H27NO3/c1-6-8-14(17(20)21)19-16-13(9-7-10-15(16)22-5)12(2)11-18(19,3)4/h7,9-10,12,14H,6,8,11H2,1-5H3,(H,20,21)/t12-,14+/m1/s1. The predicted octanol–water partition coefficient (Wildman–Crippen LogP) is 4.04. The average Bonchev–Trinajstić information content (AvgIpc) is 2.44. The first-order valence-corrected chi connectivity index (χ1v) is 8.02. The number of nitrogens with zero attached hydrogens (tertiary/aromatic N) is 1. The van der Waals surface area contributed by atoms with Gasteiger partial charge in [0.2, 0.25) is 0 Å². The molecule has 4 nitrogen and oxygen atoms in total. The Balaban J connectivity index is 2.65. The van der Waals surface area contributed by atoms with Crippen molar-refractivity contribution in [2.75, 3.05) is 12.0 Å². The van der Waals surface area contributed by atoms with Crippen molar-refractivity contribution < 1.29 is 14.6 Å². The highest BCUT2D eigenvalue weighted by atomic mass is 16.5. The molecule has 1 N–H and O–H groups in total. The van der Waals surface area contributed by atoms with Gasteiger partial charge in [0.25, 0.3) is 0 Å². The fourth-order valence-electron chi connectivity index (χ4n) is 3.83. The largest absolute Gasteiger partial charge is 0.495 e. The molecule has 0 amide bonds. The van der Waals surface area contributed by atoms with E-state index in [1.165, 1.54) is 5.56 Å². The van der Waals surface area contributed by atoms with Crippen molar-refractivity contribution in [3.05, 3.63) is 23.8 Å². The zero-order valence-electron chi connectivity index (χ0n) is 14.2. The first-order valence-electron chi connectivity index (χ1n) is 8.02. The van der Waals surface area contributed by atoms with E-state index in [4.69, 9.17) is 4.74 Å². The van der Waals surface area contributed by atoms with Crippen LogP contribution in [0.4, 0.5) is 5.69 Å². The maximum atomic E-state index is 11.9. The van der Waals surface area contributed by atoms with Crippen LogP contribution in [0.5, 0.6) is 5.75 Å². The normalized spacial score (nSPS) is 21.1. The molecule has 22 heavy (non-hydrogen) atoms.